The highest BCUT2D eigenvalue weighted by Gasteiger charge is 2.17. The van der Waals surface area contributed by atoms with Crippen molar-refractivity contribution in [3.8, 4) is 22.3 Å². The summed E-state index contributed by atoms with van der Waals surface area (Å²) in [6.07, 6.45) is 0. The van der Waals surface area contributed by atoms with Crippen molar-refractivity contribution in [1.29, 1.82) is 0 Å². The van der Waals surface area contributed by atoms with Crippen LogP contribution < -0.4 is 0 Å². The number of furan rings is 1. The van der Waals surface area contributed by atoms with Crippen molar-refractivity contribution < 1.29 is 4.42 Å². The summed E-state index contributed by atoms with van der Waals surface area (Å²) in [5.41, 5.74) is 6.81. The van der Waals surface area contributed by atoms with E-state index < -0.39 is 0 Å². The maximum atomic E-state index is 6.10. The van der Waals surface area contributed by atoms with Gasteiger partial charge in [0, 0.05) is 15.2 Å². The van der Waals surface area contributed by atoms with E-state index in [1.807, 2.05) is 12.1 Å². The Balaban J connectivity index is 1.61. The Kier molecular flexibility index (Phi) is 4.36. The molecule has 1 nitrogen and oxygen atoms in total. The van der Waals surface area contributed by atoms with E-state index in [4.69, 9.17) is 4.42 Å². The molecule has 0 spiro atoms. The molecule has 0 bridgehead atoms. The molecule has 0 aliphatic carbocycles. The van der Waals surface area contributed by atoms with Gasteiger partial charge in [0.05, 0.1) is 0 Å². The van der Waals surface area contributed by atoms with Gasteiger partial charge in [-0.3, -0.25) is 0 Å². The first-order chi connectivity index (χ1) is 16.8. The van der Waals surface area contributed by atoms with E-state index in [2.05, 4.69) is 119 Å². The molecule has 160 valence electrons. The summed E-state index contributed by atoms with van der Waals surface area (Å²) in [4.78, 5) is 0. The SMILES string of the molecule is Brc1ccc(-c2c3ccccc3c(-c3ccc4oc5ccccc5c4c3)c3ccccc23)cc1. The normalized spacial score (nSPS) is 11.7. The molecule has 7 aromatic rings. The van der Waals surface area contributed by atoms with Crippen LogP contribution in [0, 0.1) is 0 Å². The van der Waals surface area contributed by atoms with Gasteiger partial charge in [-0.2, -0.15) is 0 Å². The van der Waals surface area contributed by atoms with Crippen LogP contribution in [0.25, 0.3) is 65.7 Å². The minimum atomic E-state index is 0.921. The zero-order valence-electron chi connectivity index (χ0n) is 18.3. The first-order valence-electron chi connectivity index (χ1n) is 11.4. The van der Waals surface area contributed by atoms with Crippen LogP contribution in [-0.2, 0) is 0 Å². The highest BCUT2D eigenvalue weighted by atomic mass is 79.9. The molecule has 1 aromatic heterocycles. The Labute approximate surface area is 205 Å². The van der Waals surface area contributed by atoms with Gasteiger partial charge in [-0.25, -0.2) is 0 Å². The molecular weight excluding hydrogens is 480 g/mol. The minimum Gasteiger partial charge on any atom is -0.456 e. The van der Waals surface area contributed by atoms with Crippen LogP contribution in [0.5, 0.6) is 0 Å². The van der Waals surface area contributed by atoms with Crippen LogP contribution in [-0.4, -0.2) is 0 Å². The largest absolute Gasteiger partial charge is 0.456 e. The second kappa shape index (κ2) is 7.58. The van der Waals surface area contributed by atoms with Crippen LogP contribution in [0.3, 0.4) is 0 Å². The molecule has 0 saturated heterocycles. The topological polar surface area (TPSA) is 13.1 Å². The molecule has 0 fully saturated rings. The molecule has 0 N–H and O–H groups in total. The van der Waals surface area contributed by atoms with Crippen LogP contribution in [0.15, 0.2) is 124 Å². The number of benzene rings is 6. The van der Waals surface area contributed by atoms with Gasteiger partial charge in [-0.1, -0.05) is 101 Å². The second-order valence-corrected chi connectivity index (χ2v) is 9.57. The lowest BCUT2D eigenvalue weighted by atomic mass is 9.86. The third-order valence-corrected chi connectivity index (χ3v) is 7.26. The van der Waals surface area contributed by atoms with Gasteiger partial charge in [-0.05, 0) is 74.1 Å². The molecule has 0 atom stereocenters. The Morgan fingerprint density at radius 2 is 0.882 bits per heavy atom. The zero-order valence-corrected chi connectivity index (χ0v) is 19.8. The van der Waals surface area contributed by atoms with E-state index in [1.165, 1.54) is 43.8 Å². The second-order valence-electron chi connectivity index (χ2n) is 8.66. The summed E-state index contributed by atoms with van der Waals surface area (Å²) in [5.74, 6) is 0. The lowest BCUT2D eigenvalue weighted by Gasteiger charge is -2.17. The van der Waals surface area contributed by atoms with Gasteiger partial charge in [0.1, 0.15) is 11.2 Å². The molecule has 0 radical (unpaired) electrons. The van der Waals surface area contributed by atoms with Gasteiger partial charge in [0.25, 0.3) is 0 Å². The maximum Gasteiger partial charge on any atom is 0.135 e. The third kappa shape index (κ3) is 2.92. The van der Waals surface area contributed by atoms with E-state index >= 15 is 0 Å². The monoisotopic (exact) mass is 498 g/mol. The van der Waals surface area contributed by atoms with Gasteiger partial charge in [-0.15, -0.1) is 0 Å². The van der Waals surface area contributed by atoms with Crippen molar-refractivity contribution in [1.82, 2.24) is 0 Å². The molecule has 0 unspecified atom stereocenters. The summed E-state index contributed by atoms with van der Waals surface area (Å²) >= 11 is 3.59. The molecule has 1 heterocycles. The number of para-hydroxylation sites is 1. The van der Waals surface area contributed by atoms with Crippen molar-refractivity contribution >= 4 is 59.4 Å². The van der Waals surface area contributed by atoms with Crippen molar-refractivity contribution in [2.24, 2.45) is 0 Å². The van der Waals surface area contributed by atoms with E-state index in [-0.39, 0.29) is 0 Å². The molecule has 2 heteroatoms. The summed E-state index contributed by atoms with van der Waals surface area (Å²) in [7, 11) is 0. The Hall–Kier alpha value is -3.88. The highest BCUT2D eigenvalue weighted by Crippen LogP contribution is 2.44. The molecule has 34 heavy (non-hydrogen) atoms. The third-order valence-electron chi connectivity index (χ3n) is 6.73. The molecule has 0 aliphatic heterocycles. The fourth-order valence-electron chi connectivity index (χ4n) is 5.25. The van der Waals surface area contributed by atoms with Crippen molar-refractivity contribution in [2.45, 2.75) is 0 Å². The van der Waals surface area contributed by atoms with Crippen molar-refractivity contribution in [3.63, 3.8) is 0 Å². The predicted molar refractivity (Wildman–Crippen MR) is 147 cm³/mol. The van der Waals surface area contributed by atoms with Gasteiger partial charge < -0.3 is 4.42 Å². The average Bonchev–Trinajstić information content (AvgIpc) is 3.26. The molecule has 0 aliphatic rings. The van der Waals surface area contributed by atoms with E-state index in [0.717, 1.165) is 26.4 Å². The number of hydrogen-bond acceptors (Lipinski definition) is 1. The summed E-state index contributed by atoms with van der Waals surface area (Å²) < 4.78 is 7.19. The number of halogens is 1. The lowest BCUT2D eigenvalue weighted by Crippen LogP contribution is -1.90. The summed E-state index contributed by atoms with van der Waals surface area (Å²) in [5, 5.41) is 7.33. The van der Waals surface area contributed by atoms with Gasteiger partial charge in [0.2, 0.25) is 0 Å². The van der Waals surface area contributed by atoms with Gasteiger partial charge >= 0.3 is 0 Å². The zero-order chi connectivity index (χ0) is 22.6. The summed E-state index contributed by atoms with van der Waals surface area (Å²) in [6, 6.07) is 41.0. The fraction of sp³-hybridized carbons (Fsp3) is 0. The molecular formula is C32H19BrO. The van der Waals surface area contributed by atoms with Gasteiger partial charge in [0.15, 0.2) is 0 Å². The van der Waals surface area contributed by atoms with E-state index in [9.17, 15) is 0 Å². The van der Waals surface area contributed by atoms with Crippen molar-refractivity contribution in [3.05, 3.63) is 120 Å². The summed E-state index contributed by atoms with van der Waals surface area (Å²) in [6.45, 7) is 0. The van der Waals surface area contributed by atoms with Crippen LogP contribution in [0.4, 0.5) is 0 Å². The van der Waals surface area contributed by atoms with Crippen LogP contribution in [0.2, 0.25) is 0 Å². The number of hydrogen-bond donors (Lipinski definition) is 0. The van der Waals surface area contributed by atoms with E-state index in [0.29, 0.717) is 0 Å². The number of fused-ring (bicyclic) bond motifs is 5. The predicted octanol–water partition coefficient (Wildman–Crippen LogP) is 9.99. The maximum absolute atomic E-state index is 6.10. The Bertz CT molecular complexity index is 1800. The van der Waals surface area contributed by atoms with E-state index in [1.54, 1.807) is 0 Å². The molecule has 6 aromatic carbocycles. The quantitative estimate of drug-likeness (QED) is 0.216. The highest BCUT2D eigenvalue weighted by molar-refractivity contribution is 9.10. The smallest absolute Gasteiger partial charge is 0.135 e. The Morgan fingerprint density at radius 3 is 1.50 bits per heavy atom. The average molecular weight is 499 g/mol. The van der Waals surface area contributed by atoms with Crippen LogP contribution in [0.1, 0.15) is 0 Å². The first-order valence-corrected chi connectivity index (χ1v) is 12.2. The van der Waals surface area contributed by atoms with Crippen molar-refractivity contribution in [2.75, 3.05) is 0 Å². The molecule has 0 saturated carbocycles. The molecule has 0 amide bonds. The Morgan fingerprint density at radius 1 is 0.412 bits per heavy atom. The standard InChI is InChI=1S/C32H19BrO/c33-22-16-13-20(14-17-22)31-24-8-1-3-10-26(24)32(27-11-4-2-9-25(27)31)21-15-18-30-28(19-21)23-7-5-6-12-29(23)34-30/h1-19H. The first kappa shape index (κ1) is 19.6. The number of rotatable bonds is 2. The fourth-order valence-corrected chi connectivity index (χ4v) is 5.51. The molecule has 7 rings (SSSR count). The minimum absolute atomic E-state index is 0.921. The van der Waals surface area contributed by atoms with Crippen LogP contribution >= 0.6 is 15.9 Å². The lowest BCUT2D eigenvalue weighted by molar-refractivity contribution is 0.669.